The van der Waals surface area contributed by atoms with Crippen molar-refractivity contribution in [1.82, 2.24) is 19.7 Å². The minimum absolute atomic E-state index is 0.186. The minimum Gasteiger partial charge on any atom is -0.462 e. The van der Waals surface area contributed by atoms with Gasteiger partial charge in [0, 0.05) is 11.4 Å². The summed E-state index contributed by atoms with van der Waals surface area (Å²) in [6, 6.07) is 1.85. The maximum absolute atomic E-state index is 11.9. The zero-order valence-corrected chi connectivity index (χ0v) is 12.0. The quantitative estimate of drug-likeness (QED) is 0.849. The van der Waals surface area contributed by atoms with E-state index < -0.39 is 5.97 Å². The van der Waals surface area contributed by atoms with Crippen molar-refractivity contribution in [3.63, 3.8) is 0 Å². The second kappa shape index (κ2) is 5.28. The lowest BCUT2D eigenvalue weighted by atomic mass is 10.2. The molecule has 0 aliphatic rings. The lowest BCUT2D eigenvalue weighted by Crippen LogP contribution is -2.11. The zero-order valence-electron chi connectivity index (χ0n) is 12.0. The summed E-state index contributed by atoms with van der Waals surface area (Å²) >= 11 is 0. The van der Waals surface area contributed by atoms with Crippen LogP contribution >= 0.6 is 0 Å². The van der Waals surface area contributed by atoms with Crippen molar-refractivity contribution in [1.29, 1.82) is 0 Å². The van der Waals surface area contributed by atoms with Gasteiger partial charge in [-0.2, -0.15) is 9.78 Å². The van der Waals surface area contributed by atoms with Crippen LogP contribution in [0.4, 0.5) is 5.82 Å². The molecule has 20 heavy (non-hydrogen) atoms. The van der Waals surface area contributed by atoms with Crippen LogP contribution in [0.15, 0.2) is 6.07 Å². The summed E-state index contributed by atoms with van der Waals surface area (Å²) in [7, 11) is 0. The van der Waals surface area contributed by atoms with Gasteiger partial charge < -0.3 is 10.5 Å². The Morgan fingerprint density at radius 3 is 2.45 bits per heavy atom. The van der Waals surface area contributed by atoms with Crippen molar-refractivity contribution in [3.05, 3.63) is 28.7 Å². The van der Waals surface area contributed by atoms with E-state index in [0.717, 1.165) is 11.4 Å². The maximum atomic E-state index is 11.9. The van der Waals surface area contributed by atoms with E-state index in [9.17, 15) is 4.79 Å². The molecular weight excluding hydrogens is 258 g/mol. The summed E-state index contributed by atoms with van der Waals surface area (Å²) < 4.78 is 6.34. The fourth-order valence-corrected chi connectivity index (χ4v) is 1.96. The first kappa shape index (κ1) is 14.0. The number of nitrogens with zero attached hydrogens (tertiary/aromatic N) is 4. The molecule has 2 heterocycles. The third kappa shape index (κ3) is 2.47. The number of aryl methyl sites for hydroxylation is 3. The number of esters is 1. The molecule has 7 heteroatoms. The van der Waals surface area contributed by atoms with Gasteiger partial charge in [-0.05, 0) is 33.8 Å². The average molecular weight is 275 g/mol. The van der Waals surface area contributed by atoms with Crippen LogP contribution in [0.3, 0.4) is 0 Å². The van der Waals surface area contributed by atoms with Crippen molar-refractivity contribution in [2.75, 3.05) is 12.3 Å². The SMILES string of the molecule is CCOC(=O)c1c(C)nn(-c2nc(C)cc(C)n2)c1N. The van der Waals surface area contributed by atoms with Gasteiger partial charge in [0.05, 0.1) is 12.3 Å². The molecule has 2 aromatic rings. The van der Waals surface area contributed by atoms with Gasteiger partial charge in [0.2, 0.25) is 0 Å². The number of aromatic nitrogens is 4. The fraction of sp³-hybridized carbons (Fsp3) is 0.385. The molecule has 0 aliphatic heterocycles. The predicted molar refractivity (Wildman–Crippen MR) is 73.7 cm³/mol. The van der Waals surface area contributed by atoms with Crippen LogP contribution in [-0.2, 0) is 4.74 Å². The Kier molecular flexibility index (Phi) is 3.69. The highest BCUT2D eigenvalue weighted by atomic mass is 16.5. The maximum Gasteiger partial charge on any atom is 0.343 e. The zero-order chi connectivity index (χ0) is 14.9. The van der Waals surface area contributed by atoms with Gasteiger partial charge in [-0.1, -0.05) is 0 Å². The second-order valence-electron chi connectivity index (χ2n) is 4.43. The van der Waals surface area contributed by atoms with Crippen molar-refractivity contribution < 1.29 is 9.53 Å². The number of carbonyl (C=O) groups is 1. The van der Waals surface area contributed by atoms with Crippen LogP contribution in [0.5, 0.6) is 0 Å². The Morgan fingerprint density at radius 1 is 1.30 bits per heavy atom. The van der Waals surface area contributed by atoms with Gasteiger partial charge in [-0.3, -0.25) is 0 Å². The van der Waals surface area contributed by atoms with Crippen LogP contribution in [0.25, 0.3) is 5.95 Å². The normalized spacial score (nSPS) is 10.6. The van der Waals surface area contributed by atoms with E-state index in [4.69, 9.17) is 10.5 Å². The molecule has 0 radical (unpaired) electrons. The summed E-state index contributed by atoms with van der Waals surface area (Å²) in [6.45, 7) is 7.43. The third-order valence-electron chi connectivity index (χ3n) is 2.74. The summed E-state index contributed by atoms with van der Waals surface area (Å²) in [5, 5.41) is 4.23. The first-order valence-corrected chi connectivity index (χ1v) is 6.29. The number of anilines is 1. The van der Waals surface area contributed by atoms with Crippen LogP contribution in [0.2, 0.25) is 0 Å². The van der Waals surface area contributed by atoms with Crippen molar-refractivity contribution in [2.24, 2.45) is 0 Å². The first-order chi connectivity index (χ1) is 9.43. The highest BCUT2D eigenvalue weighted by Gasteiger charge is 2.22. The molecule has 2 N–H and O–H groups in total. The first-order valence-electron chi connectivity index (χ1n) is 6.29. The fourth-order valence-electron chi connectivity index (χ4n) is 1.96. The molecule has 0 saturated heterocycles. The molecule has 0 spiro atoms. The summed E-state index contributed by atoms with van der Waals surface area (Å²) in [5.74, 6) is 0.0442. The van der Waals surface area contributed by atoms with Gasteiger partial charge in [-0.15, -0.1) is 0 Å². The smallest absolute Gasteiger partial charge is 0.343 e. The van der Waals surface area contributed by atoms with E-state index in [0.29, 0.717) is 11.6 Å². The summed E-state index contributed by atoms with van der Waals surface area (Å²) in [4.78, 5) is 20.4. The highest BCUT2D eigenvalue weighted by molar-refractivity contribution is 5.95. The molecule has 0 aromatic carbocycles. The van der Waals surface area contributed by atoms with Gasteiger partial charge in [0.25, 0.3) is 5.95 Å². The molecule has 0 amide bonds. The van der Waals surface area contributed by atoms with E-state index in [1.165, 1.54) is 4.68 Å². The van der Waals surface area contributed by atoms with Gasteiger partial charge in [0.15, 0.2) is 0 Å². The number of hydrogen-bond donors (Lipinski definition) is 1. The molecule has 0 bridgehead atoms. The van der Waals surface area contributed by atoms with E-state index in [1.54, 1.807) is 13.8 Å². The van der Waals surface area contributed by atoms with E-state index >= 15 is 0 Å². The Morgan fingerprint density at radius 2 is 1.90 bits per heavy atom. The number of nitrogens with two attached hydrogens (primary N) is 1. The highest BCUT2D eigenvalue weighted by Crippen LogP contribution is 2.20. The van der Waals surface area contributed by atoms with Gasteiger partial charge >= 0.3 is 5.97 Å². The Balaban J connectivity index is 2.54. The van der Waals surface area contributed by atoms with Crippen LogP contribution in [0.1, 0.15) is 34.4 Å². The molecule has 0 aliphatic carbocycles. The molecular formula is C13H17N5O2. The third-order valence-corrected chi connectivity index (χ3v) is 2.74. The minimum atomic E-state index is -0.488. The standard InChI is InChI=1S/C13H17N5O2/c1-5-20-12(19)10-9(4)17-18(11(10)14)13-15-7(2)6-8(3)16-13/h6H,5,14H2,1-4H3. The largest absolute Gasteiger partial charge is 0.462 e. The number of carbonyl (C=O) groups excluding carboxylic acids is 1. The number of ether oxygens (including phenoxy) is 1. The summed E-state index contributed by atoms with van der Waals surface area (Å²) in [6.07, 6.45) is 0. The monoisotopic (exact) mass is 275 g/mol. The Bertz CT molecular complexity index is 643. The topological polar surface area (TPSA) is 95.9 Å². The van der Waals surface area contributed by atoms with E-state index in [-0.39, 0.29) is 18.0 Å². The summed E-state index contributed by atoms with van der Waals surface area (Å²) in [5.41, 5.74) is 8.34. The molecule has 0 unspecified atom stereocenters. The average Bonchev–Trinajstić information content (AvgIpc) is 2.64. The number of nitrogen functional groups attached to an aromatic ring is 1. The van der Waals surface area contributed by atoms with E-state index in [2.05, 4.69) is 15.1 Å². The predicted octanol–water partition coefficient (Wildman–Crippen LogP) is 1.35. The van der Waals surface area contributed by atoms with Gasteiger partial charge in [-0.25, -0.2) is 14.8 Å². The molecule has 0 atom stereocenters. The van der Waals surface area contributed by atoms with Crippen LogP contribution in [-0.4, -0.2) is 32.3 Å². The Labute approximate surface area is 116 Å². The molecule has 0 saturated carbocycles. The molecule has 2 aromatic heterocycles. The lowest BCUT2D eigenvalue weighted by molar-refractivity contribution is 0.0527. The molecule has 7 nitrogen and oxygen atoms in total. The molecule has 2 rings (SSSR count). The molecule has 0 fully saturated rings. The van der Waals surface area contributed by atoms with Crippen molar-refractivity contribution in [2.45, 2.75) is 27.7 Å². The lowest BCUT2D eigenvalue weighted by Gasteiger charge is -2.05. The van der Waals surface area contributed by atoms with Crippen LogP contribution < -0.4 is 5.73 Å². The van der Waals surface area contributed by atoms with Crippen molar-refractivity contribution >= 4 is 11.8 Å². The second-order valence-corrected chi connectivity index (χ2v) is 4.43. The number of rotatable bonds is 3. The van der Waals surface area contributed by atoms with Crippen molar-refractivity contribution in [3.8, 4) is 5.95 Å². The Hall–Kier alpha value is -2.44. The molecule has 106 valence electrons. The number of hydrogen-bond acceptors (Lipinski definition) is 6. The van der Waals surface area contributed by atoms with Crippen LogP contribution in [0, 0.1) is 20.8 Å². The van der Waals surface area contributed by atoms with Gasteiger partial charge in [0.1, 0.15) is 11.4 Å². The van der Waals surface area contributed by atoms with E-state index in [1.807, 2.05) is 19.9 Å².